The number of alkyl halides is 3. The Bertz CT molecular complexity index is 366. The molecule has 1 heterocycles. The molecular formula is C11H17F3N2O2. The van der Waals surface area contributed by atoms with Gasteiger partial charge in [0, 0.05) is 13.0 Å². The molecule has 104 valence electrons. The van der Waals surface area contributed by atoms with E-state index in [4.69, 9.17) is 5.73 Å². The van der Waals surface area contributed by atoms with Crippen molar-refractivity contribution in [2.24, 2.45) is 11.7 Å². The van der Waals surface area contributed by atoms with Gasteiger partial charge >= 0.3 is 6.18 Å². The van der Waals surface area contributed by atoms with Crippen molar-refractivity contribution in [2.75, 3.05) is 13.1 Å². The van der Waals surface area contributed by atoms with Gasteiger partial charge in [-0.3, -0.25) is 4.79 Å². The Kier molecular flexibility index (Phi) is 2.90. The molecule has 0 radical (unpaired) electrons. The third-order valence-electron chi connectivity index (χ3n) is 3.95. The molecule has 0 bridgehead atoms. The second kappa shape index (κ2) is 3.84. The van der Waals surface area contributed by atoms with Gasteiger partial charge in [0.25, 0.3) is 0 Å². The topological polar surface area (TPSA) is 66.6 Å². The Balaban J connectivity index is 2.07. The molecule has 3 N–H and O–H groups in total. The highest BCUT2D eigenvalue weighted by Crippen LogP contribution is 2.42. The molecule has 18 heavy (non-hydrogen) atoms. The molecule has 2 unspecified atom stereocenters. The second-order valence-electron chi connectivity index (χ2n) is 5.56. The van der Waals surface area contributed by atoms with Crippen molar-refractivity contribution in [1.29, 1.82) is 0 Å². The first-order chi connectivity index (χ1) is 8.08. The minimum absolute atomic E-state index is 0.0459. The Hall–Kier alpha value is -0.820. The first kappa shape index (κ1) is 13.6. The number of carbonyl (C=O) groups excluding carboxylic acids is 1. The summed E-state index contributed by atoms with van der Waals surface area (Å²) in [5, 5.41) is 9.51. The van der Waals surface area contributed by atoms with E-state index >= 15 is 0 Å². The van der Waals surface area contributed by atoms with Crippen LogP contribution in [0, 0.1) is 5.92 Å². The highest BCUT2D eigenvalue weighted by molar-refractivity contribution is 5.86. The fourth-order valence-electron chi connectivity index (χ4n) is 2.40. The van der Waals surface area contributed by atoms with Gasteiger partial charge in [0.2, 0.25) is 5.91 Å². The maximum atomic E-state index is 12.6. The van der Waals surface area contributed by atoms with Crippen LogP contribution in [0.3, 0.4) is 0 Å². The molecule has 1 amide bonds. The number of rotatable bonds is 2. The van der Waals surface area contributed by atoms with E-state index in [0.29, 0.717) is 0 Å². The molecule has 0 spiro atoms. The van der Waals surface area contributed by atoms with Crippen LogP contribution >= 0.6 is 0 Å². The number of β-amino-alcohol motifs (C(OH)–C–C–N with tert-alkyl or cyclic N) is 1. The molecular weight excluding hydrogens is 249 g/mol. The van der Waals surface area contributed by atoms with Crippen LogP contribution in [0.4, 0.5) is 13.2 Å². The summed E-state index contributed by atoms with van der Waals surface area (Å²) in [5.41, 5.74) is 1.99. The van der Waals surface area contributed by atoms with Crippen LogP contribution < -0.4 is 5.73 Å². The third kappa shape index (κ3) is 2.09. The fourth-order valence-corrected chi connectivity index (χ4v) is 2.40. The largest absolute Gasteiger partial charge is 0.419 e. The van der Waals surface area contributed by atoms with Gasteiger partial charge in [0.1, 0.15) is 0 Å². The zero-order valence-corrected chi connectivity index (χ0v) is 10.1. The average molecular weight is 266 g/mol. The molecule has 7 heteroatoms. The van der Waals surface area contributed by atoms with Gasteiger partial charge in [0.15, 0.2) is 5.60 Å². The molecule has 0 aromatic rings. The zero-order valence-electron chi connectivity index (χ0n) is 10.1. The van der Waals surface area contributed by atoms with Crippen molar-refractivity contribution in [3.8, 4) is 0 Å². The molecule has 2 aliphatic rings. The maximum Gasteiger partial charge on any atom is 0.419 e. The van der Waals surface area contributed by atoms with Gasteiger partial charge in [-0.15, -0.1) is 0 Å². The van der Waals surface area contributed by atoms with E-state index in [1.54, 1.807) is 6.92 Å². The smallest absolute Gasteiger partial charge is 0.379 e. The summed E-state index contributed by atoms with van der Waals surface area (Å²) in [4.78, 5) is 13.1. The van der Waals surface area contributed by atoms with Crippen LogP contribution in [0.2, 0.25) is 0 Å². The van der Waals surface area contributed by atoms with Crippen molar-refractivity contribution in [2.45, 2.75) is 43.5 Å². The van der Waals surface area contributed by atoms with Gasteiger partial charge in [-0.1, -0.05) is 0 Å². The highest BCUT2D eigenvalue weighted by Gasteiger charge is 2.59. The summed E-state index contributed by atoms with van der Waals surface area (Å²) in [5.74, 6) is -0.449. The van der Waals surface area contributed by atoms with Crippen LogP contribution in [-0.4, -0.2) is 46.3 Å². The summed E-state index contributed by atoms with van der Waals surface area (Å²) < 4.78 is 37.9. The first-order valence-corrected chi connectivity index (χ1v) is 5.95. The highest BCUT2D eigenvalue weighted by atomic mass is 19.4. The predicted molar refractivity (Wildman–Crippen MR) is 57.5 cm³/mol. The molecule has 1 aliphatic heterocycles. The van der Waals surface area contributed by atoms with E-state index in [1.165, 1.54) is 0 Å². The standard InChI is InChI=1S/C11H17F3N2O2/c1-9(15,7-2-3-7)8(17)16-5-4-10(18,6-16)11(12,13)14/h7,18H,2-6,15H2,1H3. The number of halogens is 3. The Labute approximate surface area is 103 Å². The molecule has 0 aromatic heterocycles. The van der Waals surface area contributed by atoms with Gasteiger partial charge in [-0.25, -0.2) is 0 Å². The van der Waals surface area contributed by atoms with Gasteiger partial charge in [0.05, 0.1) is 12.1 Å². The summed E-state index contributed by atoms with van der Waals surface area (Å²) in [6, 6.07) is 0. The molecule has 0 aromatic carbocycles. The molecule has 2 fully saturated rings. The van der Waals surface area contributed by atoms with Crippen LogP contribution in [-0.2, 0) is 4.79 Å². The third-order valence-corrected chi connectivity index (χ3v) is 3.95. The van der Waals surface area contributed by atoms with Crippen molar-refractivity contribution >= 4 is 5.91 Å². The number of nitrogens with two attached hydrogens (primary N) is 1. The van der Waals surface area contributed by atoms with E-state index in [-0.39, 0.29) is 12.5 Å². The number of hydrogen-bond donors (Lipinski definition) is 2. The van der Waals surface area contributed by atoms with Crippen LogP contribution in [0.1, 0.15) is 26.2 Å². The molecule has 4 nitrogen and oxygen atoms in total. The van der Waals surface area contributed by atoms with Crippen LogP contribution in [0.5, 0.6) is 0 Å². The molecule has 2 rings (SSSR count). The summed E-state index contributed by atoms with van der Waals surface area (Å²) in [7, 11) is 0. The number of nitrogens with zero attached hydrogens (tertiary/aromatic N) is 1. The Morgan fingerprint density at radius 2 is 2.00 bits per heavy atom. The lowest BCUT2D eigenvalue weighted by atomic mass is 9.95. The van der Waals surface area contributed by atoms with Gasteiger partial charge < -0.3 is 15.7 Å². The molecule has 1 saturated carbocycles. The van der Waals surface area contributed by atoms with E-state index in [0.717, 1.165) is 17.7 Å². The van der Waals surface area contributed by atoms with Crippen molar-refractivity contribution in [1.82, 2.24) is 4.90 Å². The van der Waals surface area contributed by atoms with Crippen LogP contribution in [0.25, 0.3) is 0 Å². The van der Waals surface area contributed by atoms with E-state index in [2.05, 4.69) is 0 Å². The first-order valence-electron chi connectivity index (χ1n) is 5.95. The molecule has 1 aliphatic carbocycles. The lowest BCUT2D eigenvalue weighted by Crippen LogP contribution is -2.56. The fraction of sp³-hybridized carbons (Fsp3) is 0.909. The quantitative estimate of drug-likeness (QED) is 0.770. The Morgan fingerprint density at radius 1 is 1.44 bits per heavy atom. The summed E-state index contributed by atoms with van der Waals surface area (Å²) >= 11 is 0. The minimum atomic E-state index is -4.72. The Morgan fingerprint density at radius 3 is 2.39 bits per heavy atom. The molecule has 1 saturated heterocycles. The zero-order chi connectivity index (χ0) is 13.8. The lowest BCUT2D eigenvalue weighted by molar-refractivity contribution is -0.253. The number of amides is 1. The van der Waals surface area contributed by atoms with Crippen molar-refractivity contribution < 1.29 is 23.1 Å². The number of carbonyl (C=O) groups is 1. The second-order valence-corrected chi connectivity index (χ2v) is 5.56. The normalized spacial score (nSPS) is 32.4. The lowest BCUT2D eigenvalue weighted by Gasteiger charge is -2.31. The van der Waals surface area contributed by atoms with Crippen molar-refractivity contribution in [3.05, 3.63) is 0 Å². The SMILES string of the molecule is CC(N)(C(=O)N1CCC(O)(C(F)(F)F)C1)C1CC1. The number of hydrogen-bond acceptors (Lipinski definition) is 3. The number of aliphatic hydroxyl groups is 1. The van der Waals surface area contributed by atoms with Crippen LogP contribution in [0.15, 0.2) is 0 Å². The van der Waals surface area contributed by atoms with E-state index < -0.39 is 36.2 Å². The van der Waals surface area contributed by atoms with Crippen molar-refractivity contribution in [3.63, 3.8) is 0 Å². The maximum absolute atomic E-state index is 12.6. The predicted octanol–water partition coefficient (Wildman–Crippen LogP) is 0.640. The molecule has 2 atom stereocenters. The van der Waals surface area contributed by atoms with E-state index in [1.807, 2.05) is 0 Å². The summed E-state index contributed by atoms with van der Waals surface area (Å²) in [6.07, 6.45) is -3.54. The van der Waals surface area contributed by atoms with Gasteiger partial charge in [-0.2, -0.15) is 13.2 Å². The van der Waals surface area contributed by atoms with Gasteiger partial charge in [-0.05, 0) is 25.7 Å². The number of likely N-dealkylation sites (tertiary alicyclic amines) is 1. The summed E-state index contributed by atoms with van der Waals surface area (Å²) in [6.45, 7) is 0.737. The monoisotopic (exact) mass is 266 g/mol. The minimum Gasteiger partial charge on any atom is -0.379 e. The van der Waals surface area contributed by atoms with E-state index in [9.17, 15) is 23.1 Å². The average Bonchev–Trinajstić information content (AvgIpc) is 3.00.